The molecule has 0 heterocycles. The fourth-order valence-electron chi connectivity index (χ4n) is 1.46. The molecule has 0 spiro atoms. The zero-order valence-electron chi connectivity index (χ0n) is 11.8. The molecule has 0 aliphatic rings. The third-order valence-corrected chi connectivity index (χ3v) is 5.12. The lowest BCUT2D eigenvalue weighted by atomic mass is 10.3. The van der Waals surface area contributed by atoms with Gasteiger partial charge in [-0.3, -0.25) is 4.79 Å². The van der Waals surface area contributed by atoms with Crippen molar-refractivity contribution in [3.8, 4) is 0 Å². The summed E-state index contributed by atoms with van der Waals surface area (Å²) in [5.74, 6) is -1.20. The van der Waals surface area contributed by atoms with E-state index >= 15 is 0 Å². The van der Waals surface area contributed by atoms with Crippen LogP contribution in [0.1, 0.15) is 27.2 Å². The second-order valence-corrected chi connectivity index (χ2v) is 8.18. The Labute approximate surface area is 121 Å². The van der Waals surface area contributed by atoms with Gasteiger partial charge in [-0.15, -0.1) is 0 Å². The van der Waals surface area contributed by atoms with E-state index in [1.54, 1.807) is 20.8 Å². The van der Waals surface area contributed by atoms with Crippen LogP contribution in [0.2, 0.25) is 0 Å². The molecule has 21 heavy (non-hydrogen) atoms. The molecule has 4 nitrogen and oxygen atoms in total. The minimum absolute atomic E-state index is 0.0452. The maximum Gasteiger partial charge on any atom is 0.397 e. The quantitative estimate of drug-likeness (QED) is 0.929. The molecule has 1 amide bonds. The molecule has 1 N–H and O–H groups in total. The summed E-state index contributed by atoms with van der Waals surface area (Å²) < 4.78 is 59.3. The number of benzene rings is 1. The van der Waals surface area contributed by atoms with Gasteiger partial charge in [-0.2, -0.15) is 13.2 Å². The van der Waals surface area contributed by atoms with E-state index in [4.69, 9.17) is 0 Å². The summed E-state index contributed by atoms with van der Waals surface area (Å²) in [5.41, 5.74) is 0.108. The first-order chi connectivity index (χ1) is 9.33. The van der Waals surface area contributed by atoms with E-state index in [1.807, 2.05) is 0 Å². The van der Waals surface area contributed by atoms with E-state index in [2.05, 4.69) is 5.32 Å². The molecule has 1 aromatic rings. The van der Waals surface area contributed by atoms with Crippen molar-refractivity contribution in [2.24, 2.45) is 0 Å². The Balaban J connectivity index is 2.88. The van der Waals surface area contributed by atoms with Gasteiger partial charge in [0.25, 0.3) is 0 Å². The second-order valence-electron chi connectivity index (χ2n) is 5.48. The molecule has 0 saturated carbocycles. The maximum absolute atomic E-state index is 12.1. The molecule has 0 unspecified atom stereocenters. The summed E-state index contributed by atoms with van der Waals surface area (Å²) in [5, 5.41) is 2.06. The summed E-state index contributed by atoms with van der Waals surface area (Å²) in [6, 6.07) is 5.02. The number of sulfone groups is 1. The van der Waals surface area contributed by atoms with E-state index in [0.29, 0.717) is 0 Å². The van der Waals surface area contributed by atoms with Crippen LogP contribution in [-0.2, 0) is 14.6 Å². The second kappa shape index (κ2) is 5.67. The van der Waals surface area contributed by atoms with Gasteiger partial charge in [0.15, 0.2) is 9.84 Å². The highest BCUT2D eigenvalue weighted by atomic mass is 32.2. The van der Waals surface area contributed by atoms with Gasteiger partial charge >= 0.3 is 6.18 Å². The molecule has 0 aliphatic heterocycles. The van der Waals surface area contributed by atoms with Gasteiger partial charge in [0.05, 0.1) is 9.64 Å². The lowest BCUT2D eigenvalue weighted by Crippen LogP contribution is -2.27. The minimum atomic E-state index is -4.58. The van der Waals surface area contributed by atoms with Crippen LogP contribution in [0.5, 0.6) is 0 Å². The Hall–Kier alpha value is -1.57. The van der Waals surface area contributed by atoms with Gasteiger partial charge in [-0.25, -0.2) is 8.42 Å². The molecular weight excluding hydrogens is 307 g/mol. The Kier molecular flexibility index (Phi) is 4.72. The van der Waals surface area contributed by atoms with E-state index < -0.39 is 33.1 Å². The van der Waals surface area contributed by atoms with Crippen molar-refractivity contribution in [1.82, 2.24) is 0 Å². The number of alkyl halides is 3. The first kappa shape index (κ1) is 17.5. The third kappa shape index (κ3) is 4.73. The van der Waals surface area contributed by atoms with Crippen LogP contribution < -0.4 is 5.32 Å². The SMILES string of the molecule is CC(C)(C)S(=O)(=O)c1ccc(NC(=O)CC(F)(F)F)cc1. The summed E-state index contributed by atoms with van der Waals surface area (Å²) >= 11 is 0. The third-order valence-electron chi connectivity index (χ3n) is 2.62. The lowest BCUT2D eigenvalue weighted by Gasteiger charge is -2.19. The molecule has 0 aliphatic carbocycles. The Morgan fingerprint density at radius 1 is 1.10 bits per heavy atom. The molecule has 0 fully saturated rings. The van der Waals surface area contributed by atoms with Crippen LogP contribution >= 0.6 is 0 Å². The van der Waals surface area contributed by atoms with Crippen LogP contribution in [-0.4, -0.2) is 25.2 Å². The number of anilines is 1. The largest absolute Gasteiger partial charge is 0.397 e. The van der Waals surface area contributed by atoms with Crippen LogP contribution in [0, 0.1) is 0 Å². The maximum atomic E-state index is 12.1. The van der Waals surface area contributed by atoms with Crippen LogP contribution in [0.3, 0.4) is 0 Å². The van der Waals surface area contributed by atoms with Crippen molar-refractivity contribution >= 4 is 21.4 Å². The Morgan fingerprint density at radius 3 is 1.95 bits per heavy atom. The van der Waals surface area contributed by atoms with Gasteiger partial charge in [-0.05, 0) is 45.0 Å². The van der Waals surface area contributed by atoms with Crippen molar-refractivity contribution in [1.29, 1.82) is 0 Å². The molecule has 0 radical (unpaired) electrons. The van der Waals surface area contributed by atoms with Crippen LogP contribution in [0.15, 0.2) is 29.2 Å². The van der Waals surface area contributed by atoms with Crippen molar-refractivity contribution in [2.75, 3.05) is 5.32 Å². The summed E-state index contributed by atoms with van der Waals surface area (Å²) in [7, 11) is -3.54. The Bertz CT molecular complexity index is 614. The van der Waals surface area contributed by atoms with E-state index in [1.165, 1.54) is 24.3 Å². The van der Waals surface area contributed by atoms with Gasteiger partial charge < -0.3 is 5.32 Å². The summed E-state index contributed by atoms with van der Waals surface area (Å²) in [6.45, 7) is 4.63. The van der Waals surface area contributed by atoms with Gasteiger partial charge in [-0.1, -0.05) is 0 Å². The van der Waals surface area contributed by atoms with Crippen LogP contribution in [0.25, 0.3) is 0 Å². The average Bonchev–Trinajstić information content (AvgIpc) is 2.25. The highest BCUT2D eigenvalue weighted by Crippen LogP contribution is 2.26. The lowest BCUT2D eigenvalue weighted by molar-refractivity contribution is -0.150. The fourth-order valence-corrected chi connectivity index (χ4v) is 2.66. The van der Waals surface area contributed by atoms with Crippen molar-refractivity contribution < 1.29 is 26.4 Å². The molecular formula is C13H16F3NO3S. The van der Waals surface area contributed by atoms with Crippen molar-refractivity contribution in [2.45, 2.75) is 43.0 Å². The van der Waals surface area contributed by atoms with Crippen LogP contribution in [0.4, 0.5) is 18.9 Å². The normalized spacial score (nSPS) is 13.0. The van der Waals surface area contributed by atoms with Gasteiger partial charge in [0, 0.05) is 5.69 Å². The van der Waals surface area contributed by atoms with E-state index in [-0.39, 0.29) is 10.6 Å². The molecule has 0 aromatic heterocycles. The number of carbonyl (C=O) groups excluding carboxylic acids is 1. The van der Waals surface area contributed by atoms with E-state index in [0.717, 1.165) is 0 Å². The number of amides is 1. The number of hydrogen-bond donors (Lipinski definition) is 1. The smallest absolute Gasteiger partial charge is 0.326 e. The molecule has 118 valence electrons. The first-order valence-electron chi connectivity index (χ1n) is 6.04. The topological polar surface area (TPSA) is 63.2 Å². The number of carbonyl (C=O) groups is 1. The molecule has 0 bridgehead atoms. The molecule has 0 atom stereocenters. The Morgan fingerprint density at radius 2 is 1.57 bits per heavy atom. The number of rotatable bonds is 3. The first-order valence-corrected chi connectivity index (χ1v) is 7.52. The zero-order chi connectivity index (χ0) is 16.5. The molecule has 0 saturated heterocycles. The summed E-state index contributed by atoms with van der Waals surface area (Å²) in [4.78, 5) is 11.2. The summed E-state index contributed by atoms with van der Waals surface area (Å²) in [6.07, 6.45) is -6.17. The standard InChI is InChI=1S/C13H16F3NO3S/c1-12(2,3)21(19,20)10-6-4-9(5-7-10)17-11(18)8-13(14,15)16/h4-7H,8H2,1-3H3,(H,17,18). The predicted molar refractivity (Wildman–Crippen MR) is 72.7 cm³/mol. The number of halogens is 3. The van der Waals surface area contributed by atoms with Gasteiger partial charge in [0.2, 0.25) is 5.91 Å². The molecule has 1 aromatic carbocycles. The average molecular weight is 323 g/mol. The van der Waals surface area contributed by atoms with E-state index in [9.17, 15) is 26.4 Å². The number of nitrogens with one attached hydrogen (secondary N) is 1. The predicted octanol–water partition coefficient (Wildman–Crippen LogP) is 3.15. The molecule has 8 heteroatoms. The highest BCUT2D eigenvalue weighted by Gasteiger charge is 2.32. The van der Waals surface area contributed by atoms with Gasteiger partial charge in [0.1, 0.15) is 6.42 Å². The van der Waals surface area contributed by atoms with Crippen molar-refractivity contribution in [3.05, 3.63) is 24.3 Å². The highest BCUT2D eigenvalue weighted by molar-refractivity contribution is 7.92. The fraction of sp³-hybridized carbons (Fsp3) is 0.462. The van der Waals surface area contributed by atoms with Crippen molar-refractivity contribution in [3.63, 3.8) is 0 Å². The number of hydrogen-bond acceptors (Lipinski definition) is 3. The molecule has 1 rings (SSSR count). The monoisotopic (exact) mass is 323 g/mol. The zero-order valence-corrected chi connectivity index (χ0v) is 12.6. The minimum Gasteiger partial charge on any atom is -0.326 e.